The number of aromatic amines is 1. The van der Waals surface area contributed by atoms with E-state index in [1.54, 1.807) is 25.1 Å². The summed E-state index contributed by atoms with van der Waals surface area (Å²) in [7, 11) is 0. The Morgan fingerprint density at radius 1 is 1.53 bits per heavy atom. The fourth-order valence-corrected chi connectivity index (χ4v) is 1.55. The van der Waals surface area contributed by atoms with E-state index < -0.39 is 6.10 Å². The van der Waals surface area contributed by atoms with Gasteiger partial charge in [-0.1, -0.05) is 11.6 Å². The molecule has 0 radical (unpaired) electrons. The molecule has 0 saturated heterocycles. The molecule has 1 atom stereocenters. The molecule has 6 nitrogen and oxygen atoms in total. The molecule has 0 spiro atoms. The van der Waals surface area contributed by atoms with Crippen molar-refractivity contribution in [3.8, 4) is 5.75 Å². The Balaban J connectivity index is 1.98. The second-order valence-corrected chi connectivity index (χ2v) is 4.40. The molecule has 1 amide bonds. The van der Waals surface area contributed by atoms with Crippen molar-refractivity contribution < 1.29 is 9.53 Å². The van der Waals surface area contributed by atoms with Crippen molar-refractivity contribution in [2.24, 2.45) is 0 Å². The zero-order valence-corrected chi connectivity index (χ0v) is 11.2. The number of aryl methyl sites for hydroxylation is 1. The summed E-state index contributed by atoms with van der Waals surface area (Å²) >= 11 is 5.92. The van der Waals surface area contributed by atoms with Crippen molar-refractivity contribution >= 4 is 23.5 Å². The van der Waals surface area contributed by atoms with Gasteiger partial charge in [-0.3, -0.25) is 10.1 Å². The minimum absolute atomic E-state index is 0.285. The van der Waals surface area contributed by atoms with Gasteiger partial charge in [-0.05, 0) is 37.6 Å². The van der Waals surface area contributed by atoms with Gasteiger partial charge in [0.1, 0.15) is 12.1 Å². The lowest BCUT2D eigenvalue weighted by Gasteiger charge is -2.14. The molecule has 2 N–H and O–H groups in total. The molecule has 0 fully saturated rings. The zero-order chi connectivity index (χ0) is 13.8. The topological polar surface area (TPSA) is 79.9 Å². The van der Waals surface area contributed by atoms with Crippen LogP contribution in [0.25, 0.3) is 0 Å². The van der Waals surface area contributed by atoms with Crippen molar-refractivity contribution in [1.29, 1.82) is 0 Å². The Morgan fingerprint density at radius 3 is 2.95 bits per heavy atom. The normalized spacial score (nSPS) is 11.9. The largest absolute Gasteiger partial charge is 0.481 e. The van der Waals surface area contributed by atoms with E-state index in [9.17, 15) is 4.79 Å². The summed E-state index contributed by atoms with van der Waals surface area (Å²) in [6.45, 7) is 3.52. The number of halogens is 1. The van der Waals surface area contributed by atoms with E-state index in [2.05, 4.69) is 20.5 Å². The van der Waals surface area contributed by atoms with E-state index in [0.717, 1.165) is 5.56 Å². The van der Waals surface area contributed by atoms with E-state index in [0.29, 0.717) is 10.8 Å². The molecule has 1 aromatic heterocycles. The lowest BCUT2D eigenvalue weighted by Crippen LogP contribution is -2.30. The first-order chi connectivity index (χ1) is 9.06. The first-order valence-electron chi connectivity index (χ1n) is 5.65. The third-order valence-corrected chi connectivity index (χ3v) is 2.89. The van der Waals surface area contributed by atoms with Crippen molar-refractivity contribution in [3.63, 3.8) is 0 Å². The number of nitrogens with one attached hydrogen (secondary N) is 2. The molecule has 2 aromatic rings. The molecule has 0 aliphatic heterocycles. The van der Waals surface area contributed by atoms with Gasteiger partial charge in [-0.25, -0.2) is 5.10 Å². The Labute approximate surface area is 115 Å². The highest BCUT2D eigenvalue weighted by atomic mass is 35.5. The van der Waals surface area contributed by atoms with Crippen LogP contribution in [0, 0.1) is 6.92 Å². The summed E-state index contributed by atoms with van der Waals surface area (Å²) in [6.07, 6.45) is 0.648. The number of benzene rings is 1. The number of anilines is 1. The summed E-state index contributed by atoms with van der Waals surface area (Å²) in [6, 6.07) is 5.22. The summed E-state index contributed by atoms with van der Waals surface area (Å²) < 4.78 is 5.53. The molecule has 19 heavy (non-hydrogen) atoms. The number of amides is 1. The summed E-state index contributed by atoms with van der Waals surface area (Å²) in [5.74, 6) is 0.555. The number of carbonyl (C=O) groups is 1. The van der Waals surface area contributed by atoms with Crippen molar-refractivity contribution in [1.82, 2.24) is 15.2 Å². The fourth-order valence-electron chi connectivity index (χ4n) is 1.43. The molecule has 1 unspecified atom stereocenters. The highest BCUT2D eigenvalue weighted by molar-refractivity contribution is 6.31. The highest BCUT2D eigenvalue weighted by Crippen LogP contribution is 2.21. The van der Waals surface area contributed by atoms with Crippen LogP contribution in [-0.2, 0) is 4.79 Å². The Morgan fingerprint density at radius 2 is 2.32 bits per heavy atom. The van der Waals surface area contributed by atoms with Crippen LogP contribution in [0.1, 0.15) is 12.5 Å². The second-order valence-electron chi connectivity index (χ2n) is 3.99. The first-order valence-corrected chi connectivity index (χ1v) is 6.03. The van der Waals surface area contributed by atoms with E-state index in [-0.39, 0.29) is 11.9 Å². The molecule has 1 heterocycles. The van der Waals surface area contributed by atoms with Gasteiger partial charge < -0.3 is 4.74 Å². The lowest BCUT2D eigenvalue weighted by atomic mass is 10.2. The van der Waals surface area contributed by atoms with Crippen LogP contribution in [0.2, 0.25) is 5.02 Å². The average Bonchev–Trinajstić information content (AvgIpc) is 2.86. The number of carbonyl (C=O) groups excluding carboxylic acids is 1. The van der Waals surface area contributed by atoms with Crippen molar-refractivity contribution in [2.45, 2.75) is 20.0 Å². The van der Waals surface area contributed by atoms with Crippen LogP contribution >= 0.6 is 11.6 Å². The molecular formula is C12H13ClN4O2. The van der Waals surface area contributed by atoms with Crippen molar-refractivity contribution in [3.05, 3.63) is 35.1 Å². The van der Waals surface area contributed by atoms with Gasteiger partial charge >= 0.3 is 0 Å². The summed E-state index contributed by atoms with van der Waals surface area (Å²) in [5, 5.41) is 9.38. The molecule has 0 saturated carbocycles. The monoisotopic (exact) mass is 280 g/mol. The number of hydrogen-bond donors (Lipinski definition) is 2. The molecule has 0 aliphatic carbocycles. The lowest BCUT2D eigenvalue weighted by molar-refractivity contribution is -0.122. The number of hydrogen-bond acceptors (Lipinski definition) is 4. The molecule has 7 heteroatoms. The SMILES string of the molecule is Cc1cc(OC(C)C(=O)Nc2ncn[nH]2)ccc1Cl. The van der Waals surface area contributed by atoms with Crippen LogP contribution in [-0.4, -0.2) is 27.2 Å². The molecule has 0 aliphatic rings. The highest BCUT2D eigenvalue weighted by Gasteiger charge is 2.16. The van der Waals surface area contributed by atoms with Gasteiger partial charge in [0.15, 0.2) is 6.10 Å². The zero-order valence-electron chi connectivity index (χ0n) is 10.5. The van der Waals surface area contributed by atoms with Crippen LogP contribution in [0.15, 0.2) is 24.5 Å². The van der Waals surface area contributed by atoms with Gasteiger partial charge in [0.05, 0.1) is 0 Å². The van der Waals surface area contributed by atoms with Crippen LogP contribution < -0.4 is 10.1 Å². The predicted molar refractivity (Wildman–Crippen MR) is 71.3 cm³/mol. The molecule has 1 aromatic carbocycles. The molecule has 0 bridgehead atoms. The van der Waals surface area contributed by atoms with Gasteiger partial charge in [0.25, 0.3) is 5.91 Å². The summed E-state index contributed by atoms with van der Waals surface area (Å²) in [5.41, 5.74) is 0.891. The standard InChI is InChI=1S/C12H13ClN4O2/c1-7-5-9(3-4-10(7)13)19-8(2)11(18)16-12-14-6-15-17-12/h3-6,8H,1-2H3,(H2,14,15,16,17,18). The minimum Gasteiger partial charge on any atom is -0.481 e. The van der Waals surface area contributed by atoms with Gasteiger partial charge in [-0.2, -0.15) is 10.1 Å². The maximum atomic E-state index is 11.8. The Kier molecular flexibility index (Phi) is 4.01. The minimum atomic E-state index is -0.661. The smallest absolute Gasteiger partial charge is 0.267 e. The Bertz CT molecular complexity index is 571. The molecular weight excluding hydrogens is 268 g/mol. The van der Waals surface area contributed by atoms with Crippen molar-refractivity contribution in [2.75, 3.05) is 5.32 Å². The van der Waals surface area contributed by atoms with Gasteiger partial charge in [0, 0.05) is 5.02 Å². The Hall–Kier alpha value is -2.08. The molecule has 2 rings (SSSR count). The predicted octanol–water partition coefficient (Wildman–Crippen LogP) is 2.17. The molecule has 100 valence electrons. The maximum Gasteiger partial charge on any atom is 0.267 e. The number of aromatic nitrogens is 3. The van der Waals surface area contributed by atoms with E-state index >= 15 is 0 Å². The van der Waals surface area contributed by atoms with E-state index in [1.807, 2.05) is 6.92 Å². The fraction of sp³-hybridized carbons (Fsp3) is 0.250. The number of rotatable bonds is 4. The third-order valence-electron chi connectivity index (χ3n) is 2.47. The number of nitrogens with zero attached hydrogens (tertiary/aromatic N) is 2. The van der Waals surface area contributed by atoms with E-state index in [4.69, 9.17) is 16.3 Å². The summed E-state index contributed by atoms with van der Waals surface area (Å²) in [4.78, 5) is 15.6. The second kappa shape index (κ2) is 5.71. The average molecular weight is 281 g/mol. The van der Waals surface area contributed by atoms with Crippen LogP contribution in [0.5, 0.6) is 5.75 Å². The van der Waals surface area contributed by atoms with Gasteiger partial charge in [-0.15, -0.1) is 0 Å². The van der Waals surface area contributed by atoms with Gasteiger partial charge in [0.2, 0.25) is 5.95 Å². The third kappa shape index (κ3) is 3.45. The first kappa shape index (κ1) is 13.4. The maximum absolute atomic E-state index is 11.8. The quantitative estimate of drug-likeness (QED) is 0.899. The van der Waals surface area contributed by atoms with E-state index in [1.165, 1.54) is 6.33 Å². The number of ether oxygens (including phenoxy) is 1. The number of H-pyrrole nitrogens is 1. The van der Waals surface area contributed by atoms with Crippen LogP contribution in [0.4, 0.5) is 5.95 Å². The van der Waals surface area contributed by atoms with Crippen LogP contribution in [0.3, 0.4) is 0 Å².